The minimum atomic E-state index is -3.51. The van der Waals surface area contributed by atoms with Crippen LogP contribution in [0.3, 0.4) is 0 Å². The molecule has 0 bridgehead atoms. The Labute approximate surface area is 185 Å². The molecule has 1 fully saturated rings. The van der Waals surface area contributed by atoms with Crippen LogP contribution in [0.2, 0.25) is 5.02 Å². The van der Waals surface area contributed by atoms with E-state index >= 15 is 0 Å². The van der Waals surface area contributed by atoms with Crippen molar-refractivity contribution < 1.29 is 17.7 Å². The second-order valence-corrected chi connectivity index (χ2v) is 9.69. The van der Waals surface area contributed by atoms with Crippen LogP contribution in [0.15, 0.2) is 57.9 Å². The zero-order chi connectivity index (χ0) is 22.0. The summed E-state index contributed by atoms with van der Waals surface area (Å²) in [5.41, 5.74) is 1.13. The molecule has 4 rings (SSSR count). The summed E-state index contributed by atoms with van der Waals surface area (Å²) >= 11 is 5.89. The lowest BCUT2D eigenvalue weighted by Crippen LogP contribution is -2.28. The van der Waals surface area contributed by atoms with Crippen molar-refractivity contribution in [2.24, 2.45) is 0 Å². The Balaban J connectivity index is 1.43. The van der Waals surface area contributed by atoms with E-state index < -0.39 is 10.0 Å². The first-order valence-electron chi connectivity index (χ1n) is 9.79. The van der Waals surface area contributed by atoms with Crippen LogP contribution in [0.4, 0.5) is 0 Å². The van der Waals surface area contributed by atoms with E-state index in [-0.39, 0.29) is 23.2 Å². The number of halogens is 1. The van der Waals surface area contributed by atoms with Gasteiger partial charge in [-0.25, -0.2) is 8.42 Å². The fourth-order valence-electron chi connectivity index (χ4n) is 3.38. The van der Waals surface area contributed by atoms with Gasteiger partial charge < -0.3 is 9.42 Å². The highest BCUT2D eigenvalue weighted by atomic mass is 35.5. The van der Waals surface area contributed by atoms with E-state index in [4.69, 9.17) is 16.1 Å². The first-order valence-corrected chi connectivity index (χ1v) is 11.6. The maximum Gasteiger partial charge on any atom is 0.254 e. The van der Waals surface area contributed by atoms with Gasteiger partial charge in [0.25, 0.3) is 5.91 Å². The minimum absolute atomic E-state index is 0.118. The van der Waals surface area contributed by atoms with E-state index in [1.807, 2.05) is 0 Å². The molecule has 0 atom stereocenters. The van der Waals surface area contributed by atoms with E-state index in [1.54, 1.807) is 31.3 Å². The van der Waals surface area contributed by atoms with Gasteiger partial charge in [0, 0.05) is 36.3 Å². The highest BCUT2D eigenvalue weighted by Crippen LogP contribution is 2.22. The molecule has 0 N–H and O–H groups in total. The van der Waals surface area contributed by atoms with E-state index in [0.29, 0.717) is 29.5 Å². The summed E-state index contributed by atoms with van der Waals surface area (Å²) in [5.74, 6) is 0.411. The van der Waals surface area contributed by atoms with Crippen LogP contribution in [0.1, 0.15) is 29.1 Å². The number of rotatable bonds is 6. The number of aromatic nitrogens is 2. The van der Waals surface area contributed by atoms with E-state index in [9.17, 15) is 13.2 Å². The van der Waals surface area contributed by atoms with Crippen molar-refractivity contribution >= 4 is 27.5 Å². The maximum atomic E-state index is 12.7. The molecule has 1 aliphatic heterocycles. The summed E-state index contributed by atoms with van der Waals surface area (Å²) in [4.78, 5) is 18.7. The molecule has 10 heteroatoms. The third-order valence-electron chi connectivity index (χ3n) is 5.09. The second-order valence-electron chi connectivity index (χ2n) is 7.32. The molecule has 0 saturated carbocycles. The number of nitrogens with zero attached hydrogens (tertiary/aromatic N) is 4. The number of hydrogen-bond acceptors (Lipinski definition) is 6. The van der Waals surface area contributed by atoms with Gasteiger partial charge in [-0.15, -0.1) is 0 Å². The van der Waals surface area contributed by atoms with Crippen LogP contribution < -0.4 is 0 Å². The predicted octanol–water partition coefficient (Wildman–Crippen LogP) is 3.45. The van der Waals surface area contributed by atoms with E-state index in [2.05, 4.69) is 10.1 Å². The van der Waals surface area contributed by atoms with Crippen LogP contribution in [-0.2, 0) is 16.6 Å². The minimum Gasteiger partial charge on any atom is -0.337 e. The summed E-state index contributed by atoms with van der Waals surface area (Å²) < 4.78 is 32.0. The van der Waals surface area contributed by atoms with Crippen molar-refractivity contribution in [1.82, 2.24) is 19.3 Å². The van der Waals surface area contributed by atoms with Crippen molar-refractivity contribution in [3.63, 3.8) is 0 Å². The molecule has 0 aliphatic carbocycles. The van der Waals surface area contributed by atoms with Gasteiger partial charge in [-0.3, -0.25) is 4.79 Å². The summed E-state index contributed by atoms with van der Waals surface area (Å²) in [5, 5.41) is 4.55. The molecule has 162 valence electrons. The lowest BCUT2D eigenvalue weighted by molar-refractivity contribution is 0.0769. The fourth-order valence-corrected chi connectivity index (χ4v) is 5.02. The van der Waals surface area contributed by atoms with Gasteiger partial charge in [-0.2, -0.15) is 9.29 Å². The molecule has 3 aromatic rings. The highest BCUT2D eigenvalue weighted by Gasteiger charge is 2.27. The van der Waals surface area contributed by atoms with Gasteiger partial charge >= 0.3 is 0 Å². The zero-order valence-corrected chi connectivity index (χ0v) is 18.4. The van der Waals surface area contributed by atoms with Gasteiger partial charge in [0.15, 0.2) is 0 Å². The van der Waals surface area contributed by atoms with Crippen LogP contribution in [0.25, 0.3) is 11.4 Å². The van der Waals surface area contributed by atoms with Crippen LogP contribution in [-0.4, -0.2) is 53.8 Å². The van der Waals surface area contributed by atoms with Gasteiger partial charge in [0.1, 0.15) is 0 Å². The second kappa shape index (κ2) is 8.78. The molecule has 0 radical (unpaired) electrons. The number of benzene rings is 2. The lowest BCUT2D eigenvalue weighted by Gasteiger charge is -2.17. The summed E-state index contributed by atoms with van der Waals surface area (Å²) in [6, 6.07) is 13.0. The summed E-state index contributed by atoms with van der Waals surface area (Å²) in [7, 11) is -1.89. The van der Waals surface area contributed by atoms with Gasteiger partial charge in [-0.1, -0.05) is 16.8 Å². The number of carbonyl (C=O) groups excluding carboxylic acids is 1. The Bertz CT molecular complexity index is 1170. The summed E-state index contributed by atoms with van der Waals surface area (Å²) in [6.45, 7) is 1.19. The number of sulfonamides is 1. The molecule has 0 unspecified atom stereocenters. The molecule has 1 saturated heterocycles. The fraction of sp³-hybridized carbons (Fsp3) is 0.286. The van der Waals surface area contributed by atoms with Gasteiger partial charge in [0.05, 0.1) is 11.4 Å². The molecular weight excluding hydrogens is 440 g/mol. The topological polar surface area (TPSA) is 96.6 Å². The maximum absolute atomic E-state index is 12.7. The average Bonchev–Trinajstić information content (AvgIpc) is 3.47. The smallest absolute Gasteiger partial charge is 0.254 e. The van der Waals surface area contributed by atoms with E-state index in [1.165, 1.54) is 33.5 Å². The Morgan fingerprint density at radius 3 is 2.39 bits per heavy atom. The molecule has 1 aromatic heterocycles. The molecule has 8 nitrogen and oxygen atoms in total. The van der Waals surface area contributed by atoms with Gasteiger partial charge in [-0.05, 0) is 61.4 Å². The molecule has 2 aromatic carbocycles. The Kier molecular flexibility index (Phi) is 6.08. The Morgan fingerprint density at radius 1 is 1.10 bits per heavy atom. The largest absolute Gasteiger partial charge is 0.337 e. The van der Waals surface area contributed by atoms with Crippen molar-refractivity contribution in [2.75, 3.05) is 20.1 Å². The monoisotopic (exact) mass is 460 g/mol. The lowest BCUT2D eigenvalue weighted by atomic mass is 10.2. The van der Waals surface area contributed by atoms with Crippen LogP contribution >= 0.6 is 11.6 Å². The quantitative estimate of drug-likeness (QED) is 0.559. The Morgan fingerprint density at radius 2 is 1.74 bits per heavy atom. The van der Waals surface area contributed by atoms with Crippen molar-refractivity contribution in [3.05, 3.63) is 65.0 Å². The zero-order valence-electron chi connectivity index (χ0n) is 16.9. The molecule has 2 heterocycles. The molecular formula is C21H21ClN4O4S. The predicted molar refractivity (Wildman–Crippen MR) is 115 cm³/mol. The standard InChI is InChI=1S/C21H21ClN4O4S/c1-25(14-19-23-20(24-30-19)15-4-8-17(22)9-5-15)21(27)16-6-10-18(11-7-16)31(28,29)26-12-2-3-13-26/h4-11H,2-3,12-14H2,1H3. The van der Waals surface area contributed by atoms with Crippen molar-refractivity contribution in [1.29, 1.82) is 0 Å². The third-order valence-corrected chi connectivity index (χ3v) is 7.26. The Hall–Kier alpha value is -2.75. The summed E-state index contributed by atoms with van der Waals surface area (Å²) in [6.07, 6.45) is 1.74. The molecule has 1 amide bonds. The van der Waals surface area contributed by atoms with Gasteiger partial charge in [0.2, 0.25) is 21.7 Å². The highest BCUT2D eigenvalue weighted by molar-refractivity contribution is 7.89. The van der Waals surface area contributed by atoms with Crippen molar-refractivity contribution in [3.8, 4) is 11.4 Å². The first kappa shape index (κ1) is 21.5. The van der Waals surface area contributed by atoms with E-state index in [0.717, 1.165) is 18.4 Å². The molecule has 1 aliphatic rings. The number of amides is 1. The van der Waals surface area contributed by atoms with Crippen molar-refractivity contribution in [2.45, 2.75) is 24.3 Å². The molecule has 31 heavy (non-hydrogen) atoms. The SMILES string of the molecule is CN(Cc1nc(-c2ccc(Cl)cc2)no1)C(=O)c1ccc(S(=O)(=O)N2CCCC2)cc1. The third kappa shape index (κ3) is 4.63. The number of hydrogen-bond donors (Lipinski definition) is 0. The first-order chi connectivity index (χ1) is 14.8. The van der Waals surface area contributed by atoms with Crippen LogP contribution in [0, 0.1) is 0 Å². The van der Waals surface area contributed by atoms with Crippen LogP contribution in [0.5, 0.6) is 0 Å². The molecule has 0 spiro atoms. The normalized spacial score (nSPS) is 14.6. The average molecular weight is 461 g/mol. The number of carbonyl (C=O) groups is 1.